The summed E-state index contributed by atoms with van der Waals surface area (Å²) in [6.07, 6.45) is 8.73. The van der Waals surface area contributed by atoms with Crippen molar-refractivity contribution in [1.82, 2.24) is 14.9 Å². The molecule has 0 bridgehead atoms. The molecule has 0 aliphatic carbocycles. The molecule has 0 aliphatic rings. The average molecular weight is 467 g/mol. The van der Waals surface area contributed by atoms with E-state index in [0.717, 1.165) is 36.3 Å². The van der Waals surface area contributed by atoms with Crippen LogP contribution < -0.4 is 5.32 Å². The molecule has 0 fully saturated rings. The van der Waals surface area contributed by atoms with Crippen LogP contribution in [0.3, 0.4) is 0 Å². The van der Waals surface area contributed by atoms with Crippen LogP contribution in [0.1, 0.15) is 61.1 Å². The van der Waals surface area contributed by atoms with Gasteiger partial charge in [0.15, 0.2) is 0 Å². The summed E-state index contributed by atoms with van der Waals surface area (Å²) in [6.45, 7) is 8.26. The molecule has 0 saturated carbocycles. The smallest absolute Gasteiger partial charge is 0.106 e. The fourth-order valence-electron chi connectivity index (χ4n) is 4.57. The van der Waals surface area contributed by atoms with E-state index in [2.05, 4.69) is 101 Å². The van der Waals surface area contributed by atoms with Crippen molar-refractivity contribution in [2.75, 3.05) is 7.11 Å². The van der Waals surface area contributed by atoms with Crippen molar-refractivity contribution < 1.29 is 4.84 Å². The van der Waals surface area contributed by atoms with Gasteiger partial charge in [0.2, 0.25) is 0 Å². The lowest BCUT2D eigenvalue weighted by molar-refractivity contribution is 0.215. The summed E-state index contributed by atoms with van der Waals surface area (Å²) in [5.41, 5.74) is 8.39. The van der Waals surface area contributed by atoms with Crippen LogP contribution in [0, 0.1) is 0 Å². The average Bonchev–Trinajstić information content (AvgIpc) is 3.20. The molecule has 0 atom stereocenters. The minimum atomic E-state index is 0.331. The zero-order valence-corrected chi connectivity index (χ0v) is 21.0. The van der Waals surface area contributed by atoms with Crippen LogP contribution in [0.25, 0.3) is 16.6 Å². The van der Waals surface area contributed by atoms with Crippen molar-refractivity contribution in [2.45, 2.75) is 46.2 Å². The Morgan fingerprint density at radius 1 is 1.09 bits per heavy atom. The fraction of sp³-hybridized carbons (Fsp3) is 0.267. The SMILES string of the molecule is CC/C=C(/NCc1cccnc1)c1c(C(C)C)n(Cc2ccccc2)c2cc(/C=N/OC)ccc12. The number of hydrogen-bond acceptors (Lipinski definition) is 4. The Morgan fingerprint density at radius 3 is 2.57 bits per heavy atom. The van der Waals surface area contributed by atoms with E-state index in [4.69, 9.17) is 4.84 Å². The number of allylic oxidation sites excluding steroid dienone is 1. The predicted molar refractivity (Wildman–Crippen MR) is 146 cm³/mol. The lowest BCUT2D eigenvalue weighted by Gasteiger charge is -2.18. The van der Waals surface area contributed by atoms with E-state index in [9.17, 15) is 0 Å². The van der Waals surface area contributed by atoms with Gasteiger partial charge < -0.3 is 14.7 Å². The maximum atomic E-state index is 4.93. The first kappa shape index (κ1) is 24.3. The van der Waals surface area contributed by atoms with Crippen molar-refractivity contribution in [1.29, 1.82) is 0 Å². The Morgan fingerprint density at radius 2 is 1.89 bits per heavy atom. The lowest BCUT2D eigenvalue weighted by Crippen LogP contribution is -2.15. The highest BCUT2D eigenvalue weighted by Crippen LogP contribution is 2.36. The maximum Gasteiger partial charge on any atom is 0.106 e. The number of rotatable bonds is 10. The van der Waals surface area contributed by atoms with Crippen molar-refractivity contribution in [3.63, 3.8) is 0 Å². The number of hydrogen-bond donors (Lipinski definition) is 1. The molecule has 0 unspecified atom stereocenters. The Kier molecular flexibility index (Phi) is 7.99. The molecule has 180 valence electrons. The third-order valence-corrected chi connectivity index (χ3v) is 6.05. The van der Waals surface area contributed by atoms with Crippen LogP contribution in [0.4, 0.5) is 0 Å². The highest BCUT2D eigenvalue weighted by Gasteiger charge is 2.22. The van der Waals surface area contributed by atoms with Crippen molar-refractivity contribution in [2.24, 2.45) is 5.16 Å². The molecule has 4 rings (SSSR count). The quantitative estimate of drug-likeness (QED) is 0.208. The zero-order valence-electron chi connectivity index (χ0n) is 21.0. The number of aromatic nitrogens is 2. The van der Waals surface area contributed by atoms with Crippen LogP contribution in [-0.2, 0) is 17.9 Å². The van der Waals surface area contributed by atoms with Gasteiger partial charge in [-0.15, -0.1) is 0 Å². The topological polar surface area (TPSA) is 51.4 Å². The number of pyridine rings is 1. The van der Waals surface area contributed by atoms with Gasteiger partial charge in [0, 0.05) is 53.3 Å². The molecule has 2 aromatic carbocycles. The van der Waals surface area contributed by atoms with Gasteiger partial charge in [-0.3, -0.25) is 4.98 Å². The molecule has 2 heterocycles. The highest BCUT2D eigenvalue weighted by molar-refractivity contribution is 5.98. The van der Waals surface area contributed by atoms with Crippen molar-refractivity contribution >= 4 is 22.8 Å². The summed E-state index contributed by atoms with van der Waals surface area (Å²) >= 11 is 0. The number of nitrogens with zero attached hydrogens (tertiary/aromatic N) is 3. The van der Waals surface area contributed by atoms with Crippen LogP contribution in [0.15, 0.2) is 84.3 Å². The Labute approximate surface area is 208 Å². The van der Waals surface area contributed by atoms with Crippen LogP contribution in [-0.4, -0.2) is 22.9 Å². The van der Waals surface area contributed by atoms with E-state index in [0.29, 0.717) is 5.92 Å². The summed E-state index contributed by atoms with van der Waals surface area (Å²) in [6, 6.07) is 21.3. The van der Waals surface area contributed by atoms with E-state index in [1.54, 1.807) is 13.3 Å². The molecular formula is C30H34N4O. The molecule has 5 heteroatoms. The molecular weight excluding hydrogens is 432 g/mol. The largest absolute Gasteiger partial charge is 0.399 e. The van der Waals surface area contributed by atoms with E-state index in [-0.39, 0.29) is 0 Å². The summed E-state index contributed by atoms with van der Waals surface area (Å²) in [7, 11) is 1.57. The van der Waals surface area contributed by atoms with E-state index in [1.807, 2.05) is 18.5 Å². The monoisotopic (exact) mass is 466 g/mol. The first-order chi connectivity index (χ1) is 17.1. The number of nitrogens with one attached hydrogen (secondary N) is 1. The van der Waals surface area contributed by atoms with E-state index in [1.165, 1.54) is 27.7 Å². The predicted octanol–water partition coefficient (Wildman–Crippen LogP) is 6.73. The molecule has 2 aromatic heterocycles. The minimum absolute atomic E-state index is 0.331. The van der Waals surface area contributed by atoms with Gasteiger partial charge in [0.05, 0.1) is 6.21 Å². The number of fused-ring (bicyclic) bond motifs is 1. The van der Waals surface area contributed by atoms with Gasteiger partial charge in [-0.25, -0.2) is 0 Å². The summed E-state index contributed by atoms with van der Waals surface area (Å²) < 4.78 is 2.46. The van der Waals surface area contributed by atoms with Gasteiger partial charge >= 0.3 is 0 Å². The molecule has 0 saturated heterocycles. The number of oxime groups is 1. The third kappa shape index (κ3) is 5.62. The van der Waals surface area contributed by atoms with Crippen LogP contribution in [0.5, 0.6) is 0 Å². The molecule has 0 amide bonds. The zero-order chi connectivity index (χ0) is 24.6. The first-order valence-corrected chi connectivity index (χ1v) is 12.2. The van der Waals surface area contributed by atoms with Gasteiger partial charge in [-0.2, -0.15) is 0 Å². The van der Waals surface area contributed by atoms with Gasteiger partial charge in [-0.05, 0) is 41.2 Å². The van der Waals surface area contributed by atoms with Crippen molar-refractivity contribution in [3.05, 3.63) is 107 Å². The van der Waals surface area contributed by atoms with E-state index >= 15 is 0 Å². The second kappa shape index (κ2) is 11.5. The Balaban J connectivity index is 1.89. The summed E-state index contributed by atoms with van der Waals surface area (Å²) in [5.74, 6) is 0.331. The van der Waals surface area contributed by atoms with Crippen LogP contribution in [0.2, 0.25) is 0 Å². The second-order valence-electron chi connectivity index (χ2n) is 8.92. The summed E-state index contributed by atoms with van der Waals surface area (Å²) in [5, 5.41) is 8.95. The Hall–Kier alpha value is -3.86. The van der Waals surface area contributed by atoms with E-state index < -0.39 is 0 Å². The van der Waals surface area contributed by atoms with Gasteiger partial charge in [0.25, 0.3) is 0 Å². The molecule has 1 N–H and O–H groups in total. The van der Waals surface area contributed by atoms with Gasteiger partial charge in [-0.1, -0.05) is 80.5 Å². The highest BCUT2D eigenvalue weighted by atomic mass is 16.6. The number of benzene rings is 2. The molecule has 35 heavy (non-hydrogen) atoms. The maximum absolute atomic E-state index is 4.93. The minimum Gasteiger partial charge on any atom is -0.399 e. The second-order valence-corrected chi connectivity index (χ2v) is 8.92. The third-order valence-electron chi connectivity index (χ3n) is 6.05. The lowest BCUT2D eigenvalue weighted by atomic mass is 9.99. The molecule has 0 spiro atoms. The first-order valence-electron chi connectivity index (χ1n) is 12.2. The van der Waals surface area contributed by atoms with Gasteiger partial charge in [0.1, 0.15) is 7.11 Å². The summed E-state index contributed by atoms with van der Waals surface area (Å²) in [4.78, 5) is 9.21. The van der Waals surface area contributed by atoms with Crippen molar-refractivity contribution in [3.8, 4) is 0 Å². The fourth-order valence-corrected chi connectivity index (χ4v) is 4.57. The Bertz CT molecular complexity index is 1300. The standard InChI is InChI=1S/C30H34N4O/c1-5-10-27(32-19-25-13-9-16-31-18-25)29-26-15-14-24(20-33-35-4)17-28(26)34(30(29)22(2)3)21-23-11-7-6-8-12-23/h6-18,20,22,32H,5,19,21H2,1-4H3/b27-10+,33-20+. The van der Waals surface area contributed by atoms with Crippen LogP contribution >= 0.6 is 0 Å². The molecule has 0 aliphatic heterocycles. The molecule has 5 nitrogen and oxygen atoms in total. The normalized spacial score (nSPS) is 12.1. The molecule has 0 radical (unpaired) electrons. The molecule has 4 aromatic rings.